The van der Waals surface area contributed by atoms with Gasteiger partial charge in [-0.15, -0.1) is 0 Å². The fourth-order valence-corrected chi connectivity index (χ4v) is 3.16. The highest BCUT2D eigenvalue weighted by atomic mass is 19.3. The summed E-state index contributed by atoms with van der Waals surface area (Å²) in [6.45, 7) is 4.39. The fraction of sp³-hybridized carbons (Fsp3) is 0.412. The minimum absolute atomic E-state index is 0.148. The molecule has 1 aromatic carbocycles. The summed E-state index contributed by atoms with van der Waals surface area (Å²) in [6.07, 6.45) is 2.79. The Morgan fingerprint density at radius 3 is 2.82 bits per heavy atom. The topological polar surface area (TPSA) is 39.2 Å². The molecule has 0 amide bonds. The van der Waals surface area contributed by atoms with Crippen molar-refractivity contribution < 1.29 is 18.7 Å². The minimum atomic E-state index is -1.20. The molecule has 5 heteroatoms. The number of rotatable bonds is 2. The zero-order valence-electron chi connectivity index (χ0n) is 12.5. The lowest BCUT2D eigenvalue weighted by Gasteiger charge is -2.27. The first-order chi connectivity index (χ1) is 10.5. The van der Waals surface area contributed by atoms with Crippen LogP contribution in [0.5, 0.6) is 0 Å². The van der Waals surface area contributed by atoms with E-state index in [9.17, 15) is 13.7 Å². The van der Waals surface area contributed by atoms with Crippen molar-refractivity contribution in [2.75, 3.05) is 0 Å². The molecular formula is C17H17F2NO2. The van der Waals surface area contributed by atoms with E-state index in [-0.39, 0.29) is 11.1 Å². The molecule has 0 radical (unpaired) electrons. The van der Waals surface area contributed by atoms with Gasteiger partial charge in [0.2, 0.25) is 0 Å². The van der Waals surface area contributed by atoms with E-state index in [1.54, 1.807) is 0 Å². The van der Waals surface area contributed by atoms with Gasteiger partial charge in [-0.1, -0.05) is 13.8 Å². The number of carbonyl (C=O) groups excluding carboxylic acids is 1. The molecule has 3 rings (SSSR count). The summed E-state index contributed by atoms with van der Waals surface area (Å²) in [4.78, 5) is 18.8. The van der Waals surface area contributed by atoms with Crippen LogP contribution in [0.4, 0.5) is 8.92 Å². The molecule has 1 aliphatic carbocycles. The van der Waals surface area contributed by atoms with E-state index in [4.69, 9.17) is 0 Å². The van der Waals surface area contributed by atoms with Gasteiger partial charge in [-0.3, -0.25) is 0 Å². The molecule has 0 aliphatic heterocycles. The zero-order chi connectivity index (χ0) is 15.9. The third kappa shape index (κ3) is 2.56. The highest BCUT2D eigenvalue weighted by molar-refractivity contribution is 5.94. The van der Waals surface area contributed by atoms with Gasteiger partial charge in [0.25, 0.3) is 0 Å². The zero-order valence-corrected chi connectivity index (χ0v) is 12.5. The van der Waals surface area contributed by atoms with Crippen molar-refractivity contribution in [2.45, 2.75) is 33.1 Å². The van der Waals surface area contributed by atoms with Gasteiger partial charge in [0, 0.05) is 15.6 Å². The van der Waals surface area contributed by atoms with Crippen LogP contribution < -0.4 is 0 Å². The molecule has 0 saturated heterocycles. The second-order valence-electron chi connectivity index (χ2n) is 6.24. The molecule has 22 heavy (non-hydrogen) atoms. The number of hydrogen-bond acceptors (Lipinski definition) is 3. The van der Waals surface area contributed by atoms with E-state index < -0.39 is 11.8 Å². The molecule has 0 fully saturated rings. The number of aromatic nitrogens is 1. The van der Waals surface area contributed by atoms with E-state index in [1.807, 2.05) is 6.07 Å². The summed E-state index contributed by atoms with van der Waals surface area (Å²) in [5.41, 5.74) is 2.08. The van der Waals surface area contributed by atoms with Crippen LogP contribution in [0.2, 0.25) is 0 Å². The molecule has 3 nitrogen and oxygen atoms in total. The molecule has 0 N–H and O–H groups in total. The molecule has 0 saturated carbocycles. The largest absolute Gasteiger partial charge is 0.379 e. The van der Waals surface area contributed by atoms with Gasteiger partial charge < -0.3 is 0 Å². The first-order valence-electron chi connectivity index (χ1n) is 7.44. The summed E-state index contributed by atoms with van der Waals surface area (Å²) >= 11 is 0. The SMILES string of the molecule is CC(C)C1CCc2nc3c(F)cc(C(=O)OF)cc3cc2C1. The number of benzene rings is 1. The summed E-state index contributed by atoms with van der Waals surface area (Å²) in [6, 6.07) is 4.25. The van der Waals surface area contributed by atoms with Crippen LogP contribution in [0.1, 0.15) is 41.9 Å². The molecular weight excluding hydrogens is 288 g/mol. The third-order valence-electron chi connectivity index (χ3n) is 4.52. The summed E-state index contributed by atoms with van der Waals surface area (Å²) in [7, 11) is 0. The maximum Gasteiger partial charge on any atom is 0.379 e. The molecule has 1 aliphatic rings. The van der Waals surface area contributed by atoms with E-state index in [2.05, 4.69) is 23.8 Å². The Morgan fingerprint density at radius 2 is 2.14 bits per heavy atom. The van der Waals surface area contributed by atoms with Gasteiger partial charge in [0.15, 0.2) is 0 Å². The predicted molar refractivity (Wildman–Crippen MR) is 78.6 cm³/mol. The third-order valence-corrected chi connectivity index (χ3v) is 4.52. The number of halogens is 2. The van der Waals surface area contributed by atoms with Crippen LogP contribution >= 0.6 is 0 Å². The van der Waals surface area contributed by atoms with E-state index >= 15 is 0 Å². The predicted octanol–water partition coefficient (Wildman–Crippen LogP) is 4.18. The number of hydrogen-bond donors (Lipinski definition) is 0. The fourth-order valence-electron chi connectivity index (χ4n) is 3.16. The molecule has 1 aromatic heterocycles. The van der Waals surface area contributed by atoms with Crippen molar-refractivity contribution in [3.8, 4) is 0 Å². The van der Waals surface area contributed by atoms with Crippen molar-refractivity contribution in [1.29, 1.82) is 0 Å². The Morgan fingerprint density at radius 1 is 1.36 bits per heavy atom. The number of carbonyl (C=O) groups is 1. The number of aryl methyl sites for hydroxylation is 1. The van der Waals surface area contributed by atoms with Crippen LogP contribution in [-0.2, 0) is 17.8 Å². The van der Waals surface area contributed by atoms with Gasteiger partial charge in [0.05, 0.1) is 5.56 Å². The van der Waals surface area contributed by atoms with Crippen molar-refractivity contribution in [1.82, 2.24) is 4.98 Å². The van der Waals surface area contributed by atoms with E-state index in [1.165, 1.54) is 6.07 Å². The highest BCUT2D eigenvalue weighted by Crippen LogP contribution is 2.32. The first-order valence-corrected chi connectivity index (χ1v) is 7.44. The number of pyridine rings is 1. The molecule has 116 valence electrons. The molecule has 1 heterocycles. The standard InChI is InChI=1S/C17H17F2NO2/c1-9(2)10-3-4-15-11(5-10)6-12-7-13(17(21)22-19)8-14(18)16(12)20-15/h6-10H,3-5H2,1-2H3. The summed E-state index contributed by atoms with van der Waals surface area (Å²) in [5, 5.41) is 0.503. The van der Waals surface area contributed by atoms with Gasteiger partial charge in [-0.2, -0.15) is 0 Å². The second-order valence-corrected chi connectivity index (χ2v) is 6.24. The van der Waals surface area contributed by atoms with Crippen molar-refractivity contribution in [2.24, 2.45) is 11.8 Å². The molecule has 1 unspecified atom stereocenters. The smallest absolute Gasteiger partial charge is 0.249 e. The Labute approximate surface area is 127 Å². The first kappa shape index (κ1) is 14.9. The number of fused-ring (bicyclic) bond motifs is 2. The number of nitrogens with zero attached hydrogens (tertiary/aromatic N) is 1. The lowest BCUT2D eigenvalue weighted by Crippen LogP contribution is -2.20. The van der Waals surface area contributed by atoms with Crippen LogP contribution in [0, 0.1) is 17.7 Å². The molecule has 0 bridgehead atoms. The molecule has 0 spiro atoms. The monoisotopic (exact) mass is 305 g/mol. The van der Waals surface area contributed by atoms with Crippen LogP contribution in [0.15, 0.2) is 18.2 Å². The Bertz CT molecular complexity index is 743. The molecule has 2 aromatic rings. The summed E-state index contributed by atoms with van der Waals surface area (Å²) < 4.78 is 26.2. The van der Waals surface area contributed by atoms with Crippen molar-refractivity contribution in [3.63, 3.8) is 0 Å². The van der Waals surface area contributed by atoms with Gasteiger partial charge in [-0.05, 0) is 54.9 Å². The Kier molecular flexibility index (Phi) is 3.81. The minimum Gasteiger partial charge on any atom is -0.249 e. The van der Waals surface area contributed by atoms with Crippen molar-refractivity contribution >= 4 is 16.9 Å². The lowest BCUT2D eigenvalue weighted by atomic mass is 9.80. The quantitative estimate of drug-likeness (QED) is 0.835. The second kappa shape index (κ2) is 5.63. The van der Waals surface area contributed by atoms with Crippen LogP contribution in [0.25, 0.3) is 10.9 Å². The van der Waals surface area contributed by atoms with Gasteiger partial charge >= 0.3 is 5.97 Å². The Hall–Kier alpha value is -2.04. The molecule has 1 atom stereocenters. The maximum atomic E-state index is 14.1. The van der Waals surface area contributed by atoms with E-state index in [0.717, 1.165) is 36.6 Å². The van der Waals surface area contributed by atoms with Crippen LogP contribution in [-0.4, -0.2) is 11.0 Å². The average Bonchev–Trinajstić information content (AvgIpc) is 2.51. The lowest BCUT2D eigenvalue weighted by molar-refractivity contribution is -0.0788. The maximum absolute atomic E-state index is 14.1. The highest BCUT2D eigenvalue weighted by Gasteiger charge is 2.23. The van der Waals surface area contributed by atoms with Gasteiger partial charge in [-0.25, -0.2) is 19.1 Å². The normalized spacial score (nSPS) is 17.6. The van der Waals surface area contributed by atoms with Crippen LogP contribution in [0.3, 0.4) is 0 Å². The average molecular weight is 305 g/mol. The summed E-state index contributed by atoms with van der Waals surface area (Å²) in [5.74, 6) is -0.672. The van der Waals surface area contributed by atoms with E-state index in [0.29, 0.717) is 17.2 Å². The Balaban J connectivity index is 2.09. The van der Waals surface area contributed by atoms with Crippen molar-refractivity contribution in [3.05, 3.63) is 40.8 Å². The van der Waals surface area contributed by atoms with Gasteiger partial charge in [0.1, 0.15) is 11.3 Å².